The molecule has 4 aromatic carbocycles. The first-order valence-electron chi connectivity index (χ1n) is 8.85. The summed E-state index contributed by atoms with van der Waals surface area (Å²) in [6, 6.07) is 38.0. The Kier molecular flexibility index (Phi) is 8.71. The van der Waals surface area contributed by atoms with Crippen molar-refractivity contribution in [3.05, 3.63) is 115 Å². The van der Waals surface area contributed by atoms with Gasteiger partial charge >= 0.3 is 17.1 Å². The van der Waals surface area contributed by atoms with Gasteiger partial charge in [-0.25, -0.2) is 18.2 Å². The molecule has 0 saturated carbocycles. The second-order valence-electron chi connectivity index (χ2n) is 6.12. The van der Waals surface area contributed by atoms with Crippen LogP contribution in [0.5, 0.6) is 0 Å². The predicted octanol–water partition coefficient (Wildman–Crippen LogP) is 4.59. The minimum atomic E-state index is -0.542. The summed E-state index contributed by atoms with van der Waals surface area (Å²) in [4.78, 5) is 0. The number of nitrogens with two attached hydrogens (primary N) is 1. The van der Waals surface area contributed by atoms with Crippen molar-refractivity contribution in [2.45, 2.75) is 13.0 Å². The summed E-state index contributed by atoms with van der Waals surface area (Å²) in [5.74, 6) is 0. The molecule has 4 rings (SSSR count). The van der Waals surface area contributed by atoms with Crippen molar-refractivity contribution in [1.29, 1.82) is 0 Å². The Balaban J connectivity index is 0.000000379. The first-order chi connectivity index (χ1) is 12.8. The molecule has 1 nitrogen and oxygen atoms in total. The topological polar surface area (TPSA) is 26.0 Å². The predicted molar refractivity (Wildman–Crippen MR) is 115 cm³/mol. The molecule has 4 aromatic rings. The van der Waals surface area contributed by atoms with Crippen LogP contribution in [0.3, 0.4) is 0 Å². The second kappa shape index (κ2) is 11.0. The zero-order valence-electron chi connectivity index (χ0n) is 15.3. The van der Waals surface area contributed by atoms with Gasteiger partial charge in [-0.3, -0.25) is 0 Å². The molecule has 0 amide bonds. The van der Waals surface area contributed by atoms with E-state index < -0.39 is 7.92 Å². The van der Waals surface area contributed by atoms with E-state index in [1.165, 1.54) is 21.5 Å². The Hall–Kier alpha value is -1.95. The van der Waals surface area contributed by atoms with Crippen LogP contribution in [0.4, 0.5) is 0 Å². The number of benzene rings is 2. The summed E-state index contributed by atoms with van der Waals surface area (Å²) in [5.41, 5.74) is 7.42. The van der Waals surface area contributed by atoms with Gasteiger partial charge in [0.1, 0.15) is 0 Å². The molecule has 0 unspecified atom stereocenters. The second-order valence-corrected chi connectivity index (χ2v) is 8.31. The molecule has 0 bridgehead atoms. The fraction of sp³-hybridized carbons (Fsp3) is 0.0833. The Morgan fingerprint density at radius 3 is 1.67 bits per heavy atom. The standard InChI is InChI=1S/C19H19NP.C5H5.Fe/c1-15(20)18-13-8-14-19(18)21(16-9-4-2-5-10-16)17-11-6-3-7-12-17;1-2-4-5-3-1;/h2-15H,20H2,1H3;1-5H;/q2*-1;+2/t15-;;/m0../s1. The average molecular weight is 413 g/mol. The van der Waals surface area contributed by atoms with Crippen molar-refractivity contribution in [2.24, 2.45) is 5.73 Å². The number of rotatable bonds is 4. The van der Waals surface area contributed by atoms with Crippen LogP contribution in [0.25, 0.3) is 0 Å². The molecule has 2 N–H and O–H groups in total. The smallest absolute Gasteiger partial charge is 0.335 e. The van der Waals surface area contributed by atoms with E-state index in [4.69, 9.17) is 5.73 Å². The fourth-order valence-corrected chi connectivity index (χ4v) is 5.48. The SMILES string of the molecule is C[C@H](N)c1cc[cH-]c1P(c1ccccc1)c1ccccc1.[Fe+2].c1cc[cH-]c1. The molecule has 0 aliphatic carbocycles. The van der Waals surface area contributed by atoms with E-state index in [9.17, 15) is 0 Å². The quantitative estimate of drug-likeness (QED) is 0.296. The van der Waals surface area contributed by atoms with Gasteiger partial charge in [-0.2, -0.15) is 35.9 Å². The van der Waals surface area contributed by atoms with Crippen molar-refractivity contribution in [2.75, 3.05) is 0 Å². The van der Waals surface area contributed by atoms with Gasteiger partial charge in [-0.1, -0.05) is 67.6 Å². The van der Waals surface area contributed by atoms with Gasteiger partial charge < -0.3 is 5.73 Å². The third-order valence-corrected chi connectivity index (χ3v) is 6.66. The minimum absolute atomic E-state index is 0. The van der Waals surface area contributed by atoms with E-state index in [-0.39, 0.29) is 23.1 Å². The van der Waals surface area contributed by atoms with Gasteiger partial charge in [0, 0.05) is 0 Å². The van der Waals surface area contributed by atoms with Gasteiger partial charge in [0.05, 0.1) is 0 Å². The molecule has 0 heterocycles. The van der Waals surface area contributed by atoms with Crippen molar-refractivity contribution in [1.82, 2.24) is 0 Å². The van der Waals surface area contributed by atoms with Crippen molar-refractivity contribution in [3.8, 4) is 0 Å². The zero-order valence-corrected chi connectivity index (χ0v) is 17.3. The Morgan fingerprint density at radius 2 is 1.26 bits per heavy atom. The third kappa shape index (κ3) is 5.76. The molecule has 1 atom stereocenters. The molecule has 27 heavy (non-hydrogen) atoms. The van der Waals surface area contributed by atoms with E-state index in [0.717, 1.165) is 0 Å². The van der Waals surface area contributed by atoms with Crippen LogP contribution in [0.2, 0.25) is 0 Å². The number of hydrogen-bond acceptors (Lipinski definition) is 1. The average Bonchev–Trinajstić information content (AvgIpc) is 3.39. The summed E-state index contributed by atoms with van der Waals surface area (Å²) in [6.07, 6.45) is 0. The van der Waals surface area contributed by atoms with Crippen LogP contribution in [0.15, 0.2) is 109 Å². The Bertz CT molecular complexity index is 810. The molecule has 0 aliphatic heterocycles. The van der Waals surface area contributed by atoms with E-state index in [2.05, 4.69) is 85.8 Å². The molecular weight excluding hydrogens is 389 g/mol. The van der Waals surface area contributed by atoms with Crippen LogP contribution < -0.4 is 21.6 Å². The van der Waals surface area contributed by atoms with E-state index in [1.54, 1.807) is 0 Å². The Labute approximate surface area is 174 Å². The maximum atomic E-state index is 6.16. The summed E-state index contributed by atoms with van der Waals surface area (Å²) < 4.78 is 0. The van der Waals surface area contributed by atoms with Crippen molar-refractivity contribution < 1.29 is 17.1 Å². The largest absolute Gasteiger partial charge is 2.00 e. The van der Waals surface area contributed by atoms with Gasteiger partial charge in [0.15, 0.2) is 0 Å². The van der Waals surface area contributed by atoms with Crippen LogP contribution in [-0.4, -0.2) is 0 Å². The summed E-state index contributed by atoms with van der Waals surface area (Å²) >= 11 is 0. The summed E-state index contributed by atoms with van der Waals surface area (Å²) in [5, 5.41) is 4.11. The molecule has 138 valence electrons. The zero-order chi connectivity index (χ0) is 18.2. The molecule has 0 aliphatic rings. The first-order valence-corrected chi connectivity index (χ1v) is 10.2. The summed E-state index contributed by atoms with van der Waals surface area (Å²) in [7, 11) is -0.542. The van der Waals surface area contributed by atoms with Crippen molar-refractivity contribution >= 4 is 23.8 Å². The van der Waals surface area contributed by atoms with E-state index >= 15 is 0 Å². The van der Waals surface area contributed by atoms with Gasteiger partial charge in [-0.05, 0) is 24.6 Å². The van der Waals surface area contributed by atoms with E-state index in [0.29, 0.717) is 0 Å². The van der Waals surface area contributed by atoms with Crippen LogP contribution in [0.1, 0.15) is 18.5 Å². The monoisotopic (exact) mass is 413 g/mol. The normalized spacial score (nSPS) is 11.2. The number of hydrogen-bond donors (Lipinski definition) is 1. The van der Waals surface area contributed by atoms with E-state index in [1.807, 2.05) is 30.3 Å². The Morgan fingerprint density at radius 1 is 0.741 bits per heavy atom. The molecule has 0 saturated heterocycles. The minimum Gasteiger partial charge on any atom is -0.335 e. The van der Waals surface area contributed by atoms with Crippen LogP contribution in [0, 0.1) is 0 Å². The summed E-state index contributed by atoms with van der Waals surface area (Å²) in [6.45, 7) is 2.06. The fourth-order valence-electron chi connectivity index (χ4n) is 2.92. The molecule has 0 aromatic heterocycles. The molecule has 3 heteroatoms. The van der Waals surface area contributed by atoms with Gasteiger partial charge in [0.2, 0.25) is 0 Å². The van der Waals surface area contributed by atoms with Crippen molar-refractivity contribution in [3.63, 3.8) is 0 Å². The van der Waals surface area contributed by atoms with Crippen LogP contribution in [-0.2, 0) is 17.1 Å². The van der Waals surface area contributed by atoms with Gasteiger partial charge in [0.25, 0.3) is 0 Å². The molecular formula is C24H24FeNP. The first kappa shape index (κ1) is 21.4. The van der Waals surface area contributed by atoms with Crippen LogP contribution >= 0.6 is 7.92 Å². The molecule has 0 fully saturated rings. The van der Waals surface area contributed by atoms with Gasteiger partial charge in [-0.15, -0.1) is 5.30 Å². The molecule has 0 spiro atoms. The maximum absolute atomic E-state index is 6.16. The maximum Gasteiger partial charge on any atom is 2.00 e. The third-order valence-electron chi connectivity index (χ3n) is 4.14. The molecule has 0 radical (unpaired) electrons.